The Kier molecular flexibility index (Phi) is 10.1. The molecule has 1 saturated heterocycles. The number of carbonyl (C=O) groups excluding carboxylic acids is 3. The molecule has 2 rings (SSSR count). The molecule has 10 nitrogen and oxygen atoms in total. The summed E-state index contributed by atoms with van der Waals surface area (Å²) in [5.74, 6) is -1.18. The first-order chi connectivity index (χ1) is 18.0. The van der Waals surface area contributed by atoms with E-state index in [1.165, 1.54) is 12.2 Å². The largest absolute Gasteiger partial charge is 0.396 e. The molecule has 230 valence electrons. The average Bonchev–Trinajstić information content (AvgIpc) is 3.40. The van der Waals surface area contributed by atoms with Crippen LogP contribution in [0.15, 0.2) is 12.2 Å². The van der Waals surface area contributed by atoms with Crippen LogP contribution < -0.4 is 11.1 Å². The Bertz CT molecular complexity index is 972. The second kappa shape index (κ2) is 11.8. The van der Waals surface area contributed by atoms with Crippen molar-refractivity contribution in [3.63, 3.8) is 0 Å². The molecule has 3 amide bonds. The molecule has 0 aromatic rings. The molecule has 5 N–H and O–H groups in total. The monoisotopic (exact) mass is 567 g/mol. The summed E-state index contributed by atoms with van der Waals surface area (Å²) >= 11 is 0. The zero-order valence-electron chi connectivity index (χ0n) is 26.2. The molecular formula is C30H53N3O7. The lowest BCUT2D eigenvalue weighted by Crippen LogP contribution is -2.57. The number of hydrogen-bond acceptors (Lipinski definition) is 8. The first-order valence-electron chi connectivity index (χ1n) is 14.2. The van der Waals surface area contributed by atoms with Crippen molar-refractivity contribution in [2.24, 2.45) is 22.0 Å². The number of ether oxygens (including phenoxy) is 2. The molecule has 4 atom stereocenters. The van der Waals surface area contributed by atoms with Crippen LogP contribution in [-0.2, 0) is 23.9 Å². The molecule has 0 saturated carbocycles. The average molecular weight is 568 g/mol. The Hall–Kier alpha value is -1.85. The molecule has 2 heterocycles. The fourth-order valence-electron chi connectivity index (χ4n) is 6.39. The van der Waals surface area contributed by atoms with Gasteiger partial charge in [0.1, 0.15) is 0 Å². The maximum Gasteiger partial charge on any atom is 0.253 e. The minimum atomic E-state index is -0.818. The van der Waals surface area contributed by atoms with Gasteiger partial charge in [0.25, 0.3) is 11.8 Å². The third kappa shape index (κ3) is 8.35. The summed E-state index contributed by atoms with van der Waals surface area (Å²) in [4.78, 5) is 37.3. The highest BCUT2D eigenvalue weighted by atomic mass is 16.6. The summed E-state index contributed by atoms with van der Waals surface area (Å²) in [5.41, 5.74) is 2.75. The summed E-state index contributed by atoms with van der Waals surface area (Å²) in [6.45, 7) is 20.2. The Morgan fingerprint density at radius 3 is 2.15 bits per heavy atom. The van der Waals surface area contributed by atoms with Crippen molar-refractivity contribution in [1.29, 1.82) is 0 Å². The topological polar surface area (TPSA) is 155 Å². The Morgan fingerprint density at radius 1 is 1.10 bits per heavy atom. The maximum absolute atomic E-state index is 12.7. The first-order valence-corrected chi connectivity index (χ1v) is 14.2. The molecule has 2 aliphatic rings. The predicted octanol–water partition coefficient (Wildman–Crippen LogP) is 2.30. The van der Waals surface area contributed by atoms with Crippen molar-refractivity contribution >= 4 is 17.7 Å². The molecule has 1 fully saturated rings. The van der Waals surface area contributed by atoms with Crippen LogP contribution in [0, 0.1) is 16.2 Å². The van der Waals surface area contributed by atoms with Gasteiger partial charge < -0.3 is 30.7 Å². The van der Waals surface area contributed by atoms with E-state index in [1.54, 1.807) is 0 Å². The Morgan fingerprint density at radius 2 is 1.65 bits per heavy atom. The van der Waals surface area contributed by atoms with Crippen molar-refractivity contribution in [3.8, 4) is 0 Å². The van der Waals surface area contributed by atoms with Crippen LogP contribution in [0.5, 0.6) is 0 Å². The number of rotatable bonds is 16. The van der Waals surface area contributed by atoms with Crippen LogP contribution in [0.3, 0.4) is 0 Å². The van der Waals surface area contributed by atoms with E-state index in [1.807, 2.05) is 69.2 Å². The SMILES string of the molecule is CC(CN)(CC(C)(C)C(O)C(C)(C)COC(C)(C)CC1(C)OC1C(C)(C)CO)NC(=O)CCN1C(=O)C=CC1=O. The van der Waals surface area contributed by atoms with Gasteiger partial charge >= 0.3 is 0 Å². The standard InChI is InChI=1S/C30H53N3O7/c1-25(2,15-29(9,17-31)32-20(35)13-14-33-21(36)11-12-22(33)37)23(38)27(5,6)19-39-28(7,8)16-30(10)24(40-30)26(3,4)18-34/h11-12,23-24,34,38H,13-19,31H2,1-10H3,(H,32,35). The van der Waals surface area contributed by atoms with Gasteiger partial charge in [0.2, 0.25) is 5.91 Å². The van der Waals surface area contributed by atoms with Gasteiger partial charge in [-0.3, -0.25) is 19.3 Å². The minimum Gasteiger partial charge on any atom is -0.396 e. The van der Waals surface area contributed by atoms with E-state index in [-0.39, 0.29) is 49.1 Å². The number of carbonyl (C=O) groups is 3. The zero-order chi connectivity index (χ0) is 30.9. The normalized spacial score (nSPS) is 24.3. The Balaban J connectivity index is 1.97. The minimum absolute atomic E-state index is 0.00828. The molecule has 0 spiro atoms. The third-order valence-electron chi connectivity index (χ3n) is 8.29. The van der Waals surface area contributed by atoms with E-state index in [2.05, 4.69) is 5.32 Å². The molecule has 0 aromatic heterocycles. The highest BCUT2D eigenvalue weighted by molar-refractivity contribution is 6.13. The number of aliphatic hydroxyl groups is 2. The van der Waals surface area contributed by atoms with Crippen LogP contribution in [-0.4, -0.2) is 88.1 Å². The van der Waals surface area contributed by atoms with Crippen LogP contribution in [0.4, 0.5) is 0 Å². The number of aliphatic hydroxyl groups excluding tert-OH is 2. The molecule has 40 heavy (non-hydrogen) atoms. The van der Waals surface area contributed by atoms with Gasteiger partial charge in [0.15, 0.2) is 0 Å². The fraction of sp³-hybridized carbons (Fsp3) is 0.833. The number of imide groups is 1. The van der Waals surface area contributed by atoms with Crippen LogP contribution >= 0.6 is 0 Å². The van der Waals surface area contributed by atoms with Gasteiger partial charge in [-0.15, -0.1) is 0 Å². The molecule has 10 heteroatoms. The van der Waals surface area contributed by atoms with E-state index < -0.39 is 39.9 Å². The van der Waals surface area contributed by atoms with Crippen molar-refractivity contribution in [3.05, 3.63) is 12.2 Å². The van der Waals surface area contributed by atoms with Crippen LogP contribution in [0.25, 0.3) is 0 Å². The number of amides is 3. The summed E-state index contributed by atoms with van der Waals surface area (Å²) in [5, 5.41) is 24.2. The van der Waals surface area contributed by atoms with Gasteiger partial charge in [-0.2, -0.15) is 0 Å². The van der Waals surface area contributed by atoms with Gasteiger partial charge in [-0.05, 0) is 39.5 Å². The lowest BCUT2D eigenvalue weighted by atomic mass is 9.67. The molecule has 4 unspecified atom stereocenters. The molecule has 0 aromatic carbocycles. The lowest BCUT2D eigenvalue weighted by Gasteiger charge is -2.46. The smallest absolute Gasteiger partial charge is 0.253 e. The second-order valence-corrected chi connectivity index (χ2v) is 15.0. The highest BCUT2D eigenvalue weighted by Crippen LogP contribution is 2.51. The van der Waals surface area contributed by atoms with E-state index >= 15 is 0 Å². The molecule has 2 aliphatic heterocycles. The van der Waals surface area contributed by atoms with Crippen LogP contribution in [0.2, 0.25) is 0 Å². The number of nitrogens with one attached hydrogen (secondary N) is 1. The first kappa shape index (κ1) is 34.4. The van der Waals surface area contributed by atoms with Gasteiger partial charge in [0.05, 0.1) is 42.2 Å². The van der Waals surface area contributed by atoms with Crippen molar-refractivity contribution in [2.45, 2.75) is 117 Å². The zero-order valence-corrected chi connectivity index (χ0v) is 26.2. The fourth-order valence-corrected chi connectivity index (χ4v) is 6.39. The van der Waals surface area contributed by atoms with Crippen molar-refractivity contribution < 1.29 is 34.1 Å². The summed E-state index contributed by atoms with van der Waals surface area (Å²) in [6.07, 6.45) is 2.53. The Labute approximate surface area is 240 Å². The van der Waals surface area contributed by atoms with E-state index in [4.69, 9.17) is 15.2 Å². The summed E-state index contributed by atoms with van der Waals surface area (Å²) in [6, 6.07) is 0. The third-order valence-corrected chi connectivity index (χ3v) is 8.29. The predicted molar refractivity (Wildman–Crippen MR) is 153 cm³/mol. The van der Waals surface area contributed by atoms with Gasteiger partial charge in [0, 0.05) is 48.9 Å². The quantitative estimate of drug-likeness (QED) is 0.164. The van der Waals surface area contributed by atoms with E-state index in [0.29, 0.717) is 19.4 Å². The van der Waals surface area contributed by atoms with Crippen molar-refractivity contribution in [1.82, 2.24) is 10.2 Å². The van der Waals surface area contributed by atoms with Gasteiger partial charge in [-0.25, -0.2) is 0 Å². The number of nitrogens with zero attached hydrogens (tertiary/aromatic N) is 1. The van der Waals surface area contributed by atoms with E-state index in [0.717, 1.165) is 4.90 Å². The summed E-state index contributed by atoms with van der Waals surface area (Å²) < 4.78 is 12.4. The van der Waals surface area contributed by atoms with Gasteiger partial charge in [-0.1, -0.05) is 41.5 Å². The number of epoxide rings is 1. The molecule has 0 bridgehead atoms. The maximum atomic E-state index is 12.7. The second-order valence-electron chi connectivity index (χ2n) is 15.0. The highest BCUT2D eigenvalue weighted by Gasteiger charge is 2.61. The number of nitrogens with two attached hydrogens (primary N) is 1. The lowest BCUT2D eigenvalue weighted by molar-refractivity contribution is -0.137. The van der Waals surface area contributed by atoms with E-state index in [9.17, 15) is 24.6 Å². The molecule has 0 radical (unpaired) electrons. The van der Waals surface area contributed by atoms with Crippen molar-refractivity contribution in [2.75, 3.05) is 26.3 Å². The number of hydrogen-bond donors (Lipinski definition) is 4. The molecular weight excluding hydrogens is 514 g/mol. The summed E-state index contributed by atoms with van der Waals surface area (Å²) in [7, 11) is 0. The van der Waals surface area contributed by atoms with Crippen LogP contribution in [0.1, 0.15) is 88.5 Å². The molecule has 0 aliphatic carbocycles.